The van der Waals surface area contributed by atoms with Gasteiger partial charge in [-0.25, -0.2) is 4.21 Å². The molecule has 4 nitrogen and oxygen atoms in total. The Morgan fingerprint density at radius 1 is 1.50 bits per heavy atom. The van der Waals surface area contributed by atoms with Gasteiger partial charge in [0.25, 0.3) is 0 Å². The zero-order chi connectivity index (χ0) is 9.78. The van der Waals surface area contributed by atoms with E-state index in [1.807, 2.05) is 0 Å². The van der Waals surface area contributed by atoms with Crippen molar-refractivity contribution in [1.29, 1.82) is 0 Å². The van der Waals surface area contributed by atoms with Gasteiger partial charge in [0.2, 0.25) is 5.91 Å². The summed E-state index contributed by atoms with van der Waals surface area (Å²) in [5.74, 6) is -1.94. The number of alkyl halides is 3. The monoisotopic (exact) mass is 205 g/mol. The summed E-state index contributed by atoms with van der Waals surface area (Å²) in [6.07, 6.45) is -4.49. The first-order chi connectivity index (χ1) is 5.31. The number of nitrogens with one attached hydrogen (secondary N) is 1. The van der Waals surface area contributed by atoms with Gasteiger partial charge in [-0.2, -0.15) is 13.2 Å². The molecule has 1 atom stereocenters. The molecule has 8 heteroatoms. The van der Waals surface area contributed by atoms with Gasteiger partial charge in [0.05, 0.1) is 0 Å². The second-order valence-corrected chi connectivity index (χ2v) is 2.79. The summed E-state index contributed by atoms with van der Waals surface area (Å²) in [6, 6.07) is 0. The Labute approximate surface area is 68.4 Å². The van der Waals surface area contributed by atoms with Crippen LogP contribution >= 0.6 is 0 Å². The van der Waals surface area contributed by atoms with Crippen LogP contribution in [0.1, 0.15) is 0 Å². The van der Waals surface area contributed by atoms with Gasteiger partial charge in [-0.3, -0.25) is 4.79 Å². The predicted molar refractivity (Wildman–Crippen MR) is 34.7 cm³/mol. The maximum absolute atomic E-state index is 11.4. The van der Waals surface area contributed by atoms with Crippen molar-refractivity contribution in [3.63, 3.8) is 0 Å². The minimum absolute atomic E-state index is 0.837. The van der Waals surface area contributed by atoms with E-state index in [9.17, 15) is 22.2 Å². The van der Waals surface area contributed by atoms with Crippen molar-refractivity contribution in [3.05, 3.63) is 0 Å². The van der Waals surface area contributed by atoms with Gasteiger partial charge in [0, 0.05) is 0 Å². The molecular formula is C4H6F3NO3S. The van der Waals surface area contributed by atoms with E-state index < -0.39 is 35.5 Å². The van der Waals surface area contributed by atoms with Crippen LogP contribution in [0.15, 0.2) is 0 Å². The Morgan fingerprint density at radius 3 is 2.33 bits per heavy atom. The van der Waals surface area contributed by atoms with Gasteiger partial charge < -0.3 is 9.87 Å². The highest BCUT2D eigenvalue weighted by atomic mass is 32.2. The fraction of sp³-hybridized carbons (Fsp3) is 0.750. The van der Waals surface area contributed by atoms with Crippen molar-refractivity contribution in [2.24, 2.45) is 0 Å². The van der Waals surface area contributed by atoms with E-state index in [1.165, 1.54) is 5.32 Å². The highest BCUT2D eigenvalue weighted by Crippen LogP contribution is 2.11. The number of halogens is 3. The molecule has 0 fully saturated rings. The fourth-order valence-electron chi connectivity index (χ4n) is 0.362. The molecule has 72 valence electrons. The smallest absolute Gasteiger partial charge is 0.346 e. The van der Waals surface area contributed by atoms with E-state index in [1.54, 1.807) is 0 Å². The summed E-state index contributed by atoms with van der Waals surface area (Å²) in [5.41, 5.74) is 0. The van der Waals surface area contributed by atoms with E-state index in [4.69, 9.17) is 4.55 Å². The number of rotatable bonds is 3. The van der Waals surface area contributed by atoms with Crippen molar-refractivity contribution in [2.75, 3.05) is 12.3 Å². The van der Waals surface area contributed by atoms with Crippen LogP contribution in [0, 0.1) is 0 Å². The molecule has 0 heterocycles. The van der Waals surface area contributed by atoms with Crippen molar-refractivity contribution < 1.29 is 26.7 Å². The maximum Gasteiger partial charge on any atom is 0.405 e. The number of hydrogen-bond donors (Lipinski definition) is 2. The third-order valence-electron chi connectivity index (χ3n) is 0.741. The van der Waals surface area contributed by atoms with Crippen LogP contribution < -0.4 is 5.32 Å². The van der Waals surface area contributed by atoms with Crippen molar-refractivity contribution >= 4 is 17.0 Å². The first kappa shape index (κ1) is 11.4. The third-order valence-corrected chi connectivity index (χ3v) is 1.25. The van der Waals surface area contributed by atoms with Gasteiger partial charge in [-0.1, -0.05) is 0 Å². The summed E-state index contributed by atoms with van der Waals surface area (Å²) in [4.78, 5) is 10.3. The molecule has 0 saturated heterocycles. The summed E-state index contributed by atoms with van der Waals surface area (Å²) in [7, 11) is 0. The molecule has 0 bridgehead atoms. The standard InChI is InChI=1S/C4H6F3NO3S/c5-4(6,7)2-8-3(9)1-12(10)11/h1-2H2,(H,8,9)(H,10,11). The number of carbonyl (C=O) groups excluding carboxylic acids is 1. The van der Waals surface area contributed by atoms with E-state index in [0.29, 0.717) is 0 Å². The molecule has 0 rings (SSSR count). The molecule has 1 amide bonds. The lowest BCUT2D eigenvalue weighted by molar-refractivity contribution is -0.137. The van der Waals surface area contributed by atoms with Gasteiger partial charge >= 0.3 is 6.18 Å². The Hall–Kier alpha value is -0.630. The van der Waals surface area contributed by atoms with Gasteiger partial charge in [-0.15, -0.1) is 0 Å². The fourth-order valence-corrected chi connectivity index (χ4v) is 0.688. The summed E-state index contributed by atoms with van der Waals surface area (Å²) < 4.78 is 52.2. The van der Waals surface area contributed by atoms with Gasteiger partial charge in [0.1, 0.15) is 12.3 Å². The molecule has 0 spiro atoms. The lowest BCUT2D eigenvalue weighted by Gasteiger charge is -2.06. The van der Waals surface area contributed by atoms with Gasteiger partial charge in [0.15, 0.2) is 11.1 Å². The van der Waals surface area contributed by atoms with Crippen LogP contribution in [-0.2, 0) is 15.9 Å². The minimum atomic E-state index is -4.49. The number of carbonyl (C=O) groups is 1. The maximum atomic E-state index is 11.4. The van der Waals surface area contributed by atoms with E-state index in [0.717, 1.165) is 0 Å². The zero-order valence-electron chi connectivity index (χ0n) is 5.72. The van der Waals surface area contributed by atoms with E-state index in [-0.39, 0.29) is 0 Å². The minimum Gasteiger partial charge on any atom is -0.346 e. The molecule has 2 N–H and O–H groups in total. The molecule has 0 aliphatic heterocycles. The summed E-state index contributed by atoms with van der Waals surface area (Å²) in [6.45, 7) is -1.48. The molecule has 12 heavy (non-hydrogen) atoms. The number of amides is 1. The van der Waals surface area contributed by atoms with E-state index >= 15 is 0 Å². The van der Waals surface area contributed by atoms with Crippen LogP contribution in [0.25, 0.3) is 0 Å². The van der Waals surface area contributed by atoms with Crippen molar-refractivity contribution in [1.82, 2.24) is 5.32 Å². The predicted octanol–water partition coefficient (Wildman–Crippen LogP) is -0.113. The van der Waals surface area contributed by atoms with Crippen LogP contribution in [-0.4, -0.2) is 33.1 Å². The summed E-state index contributed by atoms with van der Waals surface area (Å²) in [5, 5.41) is 1.44. The average molecular weight is 205 g/mol. The Bertz CT molecular complexity index is 192. The van der Waals surface area contributed by atoms with Crippen LogP contribution in [0.5, 0.6) is 0 Å². The van der Waals surface area contributed by atoms with Crippen LogP contribution in [0.4, 0.5) is 13.2 Å². The zero-order valence-corrected chi connectivity index (χ0v) is 6.54. The second-order valence-electron chi connectivity index (χ2n) is 1.86. The first-order valence-electron chi connectivity index (χ1n) is 2.72. The second kappa shape index (κ2) is 4.41. The first-order valence-corrected chi connectivity index (χ1v) is 4.00. The van der Waals surface area contributed by atoms with Crippen LogP contribution in [0.2, 0.25) is 0 Å². The molecule has 0 radical (unpaired) electrons. The molecule has 0 aliphatic carbocycles. The molecule has 0 aromatic rings. The molecule has 1 unspecified atom stereocenters. The SMILES string of the molecule is O=C(CS(=O)O)NCC(F)(F)F. The lowest BCUT2D eigenvalue weighted by atomic mass is 10.6. The highest BCUT2D eigenvalue weighted by Gasteiger charge is 2.27. The third kappa shape index (κ3) is 7.48. The molecule has 0 aliphatic rings. The van der Waals surface area contributed by atoms with E-state index in [2.05, 4.69) is 0 Å². The summed E-state index contributed by atoms with van der Waals surface area (Å²) >= 11 is -2.40. The lowest BCUT2D eigenvalue weighted by Crippen LogP contribution is -2.36. The average Bonchev–Trinajstić information content (AvgIpc) is 1.80. The molecular weight excluding hydrogens is 199 g/mol. The Morgan fingerprint density at radius 2 is 2.00 bits per heavy atom. The quantitative estimate of drug-likeness (QED) is 0.631. The van der Waals surface area contributed by atoms with Gasteiger partial charge in [-0.05, 0) is 0 Å². The van der Waals surface area contributed by atoms with Crippen LogP contribution in [0.3, 0.4) is 0 Å². The Balaban J connectivity index is 3.65. The Kier molecular flexibility index (Phi) is 4.18. The molecule has 0 saturated carbocycles. The molecule has 0 aromatic carbocycles. The largest absolute Gasteiger partial charge is 0.405 e. The number of hydrogen-bond acceptors (Lipinski definition) is 2. The normalized spacial score (nSPS) is 14.0. The topological polar surface area (TPSA) is 66.4 Å². The van der Waals surface area contributed by atoms with Crippen molar-refractivity contribution in [3.8, 4) is 0 Å². The van der Waals surface area contributed by atoms with Crippen molar-refractivity contribution in [2.45, 2.75) is 6.18 Å². The highest BCUT2D eigenvalue weighted by molar-refractivity contribution is 7.80. The molecule has 0 aromatic heterocycles.